The number of anilines is 2. The number of hydrogen-bond acceptors (Lipinski definition) is 3. The lowest BCUT2D eigenvalue weighted by atomic mass is 9.94. The molecular weight excluding hydrogens is 246 g/mol. The molecule has 4 heteroatoms. The van der Waals surface area contributed by atoms with Gasteiger partial charge in [-0.1, -0.05) is 24.2 Å². The third-order valence-corrected chi connectivity index (χ3v) is 4.00. The molecule has 1 fully saturated rings. The summed E-state index contributed by atoms with van der Waals surface area (Å²) in [4.78, 5) is 4.87. The van der Waals surface area contributed by atoms with Gasteiger partial charge < -0.3 is 10.6 Å². The summed E-state index contributed by atoms with van der Waals surface area (Å²) in [5.41, 5.74) is 9.44. The summed E-state index contributed by atoms with van der Waals surface area (Å²) >= 11 is 5.94. The summed E-state index contributed by atoms with van der Waals surface area (Å²) in [6.45, 7) is 7.76. The highest BCUT2D eigenvalue weighted by Gasteiger charge is 2.32. The standard InChI is InChI=1S/C14H18ClN3/c1-10(15)8-17-4-5-18-9-13(17)6-11-2-3-12(16)7-14(11)18/h2-3,7,13H,1,4-6,8-9,16H2. The van der Waals surface area contributed by atoms with Crippen molar-refractivity contribution in [1.82, 2.24) is 4.90 Å². The summed E-state index contributed by atoms with van der Waals surface area (Å²) in [6, 6.07) is 6.79. The second-order valence-corrected chi connectivity index (χ2v) is 5.71. The van der Waals surface area contributed by atoms with Gasteiger partial charge in [0.1, 0.15) is 0 Å². The Balaban J connectivity index is 1.86. The zero-order valence-electron chi connectivity index (χ0n) is 10.4. The van der Waals surface area contributed by atoms with Crippen molar-refractivity contribution in [3.05, 3.63) is 35.4 Å². The van der Waals surface area contributed by atoms with Gasteiger partial charge in [-0.15, -0.1) is 0 Å². The van der Waals surface area contributed by atoms with Crippen LogP contribution in [0.1, 0.15) is 5.56 Å². The van der Waals surface area contributed by atoms with E-state index in [2.05, 4.69) is 28.5 Å². The minimum atomic E-state index is 0.547. The Labute approximate surface area is 113 Å². The average molecular weight is 264 g/mol. The maximum absolute atomic E-state index is 5.94. The number of rotatable bonds is 2. The van der Waals surface area contributed by atoms with Crippen molar-refractivity contribution in [1.29, 1.82) is 0 Å². The van der Waals surface area contributed by atoms with Crippen LogP contribution >= 0.6 is 11.6 Å². The van der Waals surface area contributed by atoms with Crippen LogP contribution in [-0.4, -0.2) is 37.1 Å². The molecule has 96 valence electrons. The monoisotopic (exact) mass is 263 g/mol. The Hall–Kier alpha value is -1.19. The number of piperazine rings is 1. The fraction of sp³-hybridized carbons (Fsp3) is 0.429. The van der Waals surface area contributed by atoms with Crippen LogP contribution in [-0.2, 0) is 6.42 Å². The van der Waals surface area contributed by atoms with Gasteiger partial charge in [0, 0.05) is 48.6 Å². The molecule has 18 heavy (non-hydrogen) atoms. The van der Waals surface area contributed by atoms with Crippen molar-refractivity contribution in [2.45, 2.75) is 12.5 Å². The van der Waals surface area contributed by atoms with E-state index in [1.165, 1.54) is 11.3 Å². The maximum atomic E-state index is 5.94. The van der Waals surface area contributed by atoms with E-state index in [9.17, 15) is 0 Å². The van der Waals surface area contributed by atoms with Crippen LogP contribution in [0.15, 0.2) is 29.8 Å². The van der Waals surface area contributed by atoms with Gasteiger partial charge in [-0.2, -0.15) is 0 Å². The predicted octanol–water partition coefficient (Wildman–Crippen LogP) is 2.07. The van der Waals surface area contributed by atoms with Crippen LogP contribution in [0.5, 0.6) is 0 Å². The molecule has 1 saturated heterocycles. The Morgan fingerprint density at radius 3 is 3.06 bits per heavy atom. The largest absolute Gasteiger partial charge is 0.399 e. The summed E-state index contributed by atoms with van der Waals surface area (Å²) in [6.07, 6.45) is 1.08. The van der Waals surface area contributed by atoms with Crippen LogP contribution < -0.4 is 10.6 Å². The van der Waals surface area contributed by atoms with Gasteiger partial charge in [0.05, 0.1) is 0 Å². The van der Waals surface area contributed by atoms with Gasteiger partial charge in [-0.05, 0) is 24.1 Å². The molecule has 3 rings (SSSR count). The molecule has 2 aliphatic rings. The fourth-order valence-electron chi connectivity index (χ4n) is 3.04. The molecule has 2 N–H and O–H groups in total. The molecular formula is C14H18ClN3. The lowest BCUT2D eigenvalue weighted by molar-refractivity contribution is 0.186. The van der Waals surface area contributed by atoms with Gasteiger partial charge in [0.2, 0.25) is 0 Å². The minimum absolute atomic E-state index is 0.547. The number of fused-ring (bicyclic) bond motifs is 4. The molecule has 1 aromatic carbocycles. The smallest absolute Gasteiger partial charge is 0.0421 e. The molecule has 0 aliphatic carbocycles. The molecule has 0 aromatic heterocycles. The molecule has 1 atom stereocenters. The highest BCUT2D eigenvalue weighted by Crippen LogP contribution is 2.33. The van der Waals surface area contributed by atoms with Crippen molar-refractivity contribution in [3.8, 4) is 0 Å². The van der Waals surface area contributed by atoms with Gasteiger partial charge in [0.15, 0.2) is 0 Å². The van der Waals surface area contributed by atoms with Gasteiger partial charge in [-0.3, -0.25) is 4.90 Å². The third kappa shape index (κ3) is 2.08. The fourth-order valence-corrected chi connectivity index (χ4v) is 3.19. The first-order valence-electron chi connectivity index (χ1n) is 6.34. The topological polar surface area (TPSA) is 32.5 Å². The molecule has 1 unspecified atom stereocenters. The maximum Gasteiger partial charge on any atom is 0.0421 e. The number of nitrogens with zero attached hydrogens (tertiary/aromatic N) is 2. The molecule has 1 aromatic rings. The second kappa shape index (κ2) is 4.48. The average Bonchev–Trinajstić information content (AvgIpc) is 2.33. The van der Waals surface area contributed by atoms with Crippen molar-refractivity contribution < 1.29 is 0 Å². The van der Waals surface area contributed by atoms with Crippen LogP contribution in [0.25, 0.3) is 0 Å². The quantitative estimate of drug-likeness (QED) is 0.829. The Bertz CT molecular complexity index is 486. The molecule has 2 aliphatic heterocycles. The summed E-state index contributed by atoms with van der Waals surface area (Å²) < 4.78 is 0. The number of nitrogens with two attached hydrogens (primary N) is 1. The number of halogens is 1. The normalized spacial score (nSPS) is 22.7. The Morgan fingerprint density at radius 1 is 1.44 bits per heavy atom. The van der Waals surface area contributed by atoms with Crippen LogP contribution in [0.2, 0.25) is 0 Å². The van der Waals surface area contributed by atoms with Gasteiger partial charge in [0.25, 0.3) is 0 Å². The summed E-state index contributed by atoms with van der Waals surface area (Å²) in [7, 11) is 0. The van der Waals surface area contributed by atoms with Crippen LogP contribution in [0.4, 0.5) is 11.4 Å². The molecule has 0 amide bonds. The zero-order valence-corrected chi connectivity index (χ0v) is 11.2. The predicted molar refractivity (Wildman–Crippen MR) is 77.1 cm³/mol. The minimum Gasteiger partial charge on any atom is -0.399 e. The van der Waals surface area contributed by atoms with Crippen molar-refractivity contribution in [3.63, 3.8) is 0 Å². The lowest BCUT2D eigenvalue weighted by Crippen LogP contribution is -2.56. The number of nitrogen functional groups attached to an aromatic ring is 1. The second-order valence-electron chi connectivity index (χ2n) is 5.18. The van der Waals surface area contributed by atoms with E-state index >= 15 is 0 Å². The summed E-state index contributed by atoms with van der Waals surface area (Å²) in [5, 5.41) is 0.728. The highest BCUT2D eigenvalue weighted by molar-refractivity contribution is 6.29. The molecule has 0 spiro atoms. The SMILES string of the molecule is C=C(Cl)CN1CCN2CC1Cc1ccc(N)cc12. The van der Waals surface area contributed by atoms with E-state index < -0.39 is 0 Å². The molecule has 3 nitrogen and oxygen atoms in total. The van der Waals surface area contributed by atoms with E-state index in [-0.39, 0.29) is 0 Å². The first-order chi connectivity index (χ1) is 8.63. The Kier molecular flexibility index (Phi) is 2.96. The van der Waals surface area contributed by atoms with E-state index in [1.54, 1.807) is 0 Å². The first-order valence-corrected chi connectivity index (χ1v) is 6.72. The number of benzene rings is 1. The molecule has 0 radical (unpaired) electrons. The van der Waals surface area contributed by atoms with Crippen LogP contribution in [0.3, 0.4) is 0 Å². The van der Waals surface area contributed by atoms with E-state index in [1.807, 2.05) is 6.07 Å². The molecule has 2 bridgehead atoms. The highest BCUT2D eigenvalue weighted by atomic mass is 35.5. The van der Waals surface area contributed by atoms with Crippen molar-refractivity contribution in [2.75, 3.05) is 36.8 Å². The summed E-state index contributed by atoms with van der Waals surface area (Å²) in [5.74, 6) is 0. The van der Waals surface area contributed by atoms with E-state index in [4.69, 9.17) is 17.3 Å². The van der Waals surface area contributed by atoms with Crippen molar-refractivity contribution in [2.24, 2.45) is 0 Å². The Morgan fingerprint density at radius 2 is 2.28 bits per heavy atom. The number of hydrogen-bond donors (Lipinski definition) is 1. The molecule has 2 heterocycles. The first kappa shape index (κ1) is 11.9. The third-order valence-electron chi connectivity index (χ3n) is 3.88. The zero-order chi connectivity index (χ0) is 12.7. The van der Waals surface area contributed by atoms with E-state index in [0.717, 1.165) is 43.3 Å². The van der Waals surface area contributed by atoms with Crippen LogP contribution in [0, 0.1) is 0 Å². The van der Waals surface area contributed by atoms with Gasteiger partial charge >= 0.3 is 0 Å². The molecule has 0 saturated carbocycles. The van der Waals surface area contributed by atoms with Gasteiger partial charge in [-0.25, -0.2) is 0 Å². The van der Waals surface area contributed by atoms with E-state index in [0.29, 0.717) is 6.04 Å². The van der Waals surface area contributed by atoms with Crippen molar-refractivity contribution >= 4 is 23.0 Å². The lowest BCUT2D eigenvalue weighted by Gasteiger charge is -2.46.